The molecule has 4 heteroatoms. The molecule has 0 amide bonds. The first-order chi connectivity index (χ1) is 10.4. The molecule has 0 aromatic heterocycles. The van der Waals surface area contributed by atoms with E-state index >= 15 is 0 Å². The lowest BCUT2D eigenvalue weighted by Crippen LogP contribution is -2.42. The Morgan fingerprint density at radius 2 is 2.05 bits per heavy atom. The Morgan fingerprint density at radius 1 is 1.36 bits per heavy atom. The molecule has 1 aliphatic rings. The second-order valence-corrected chi connectivity index (χ2v) is 6.24. The van der Waals surface area contributed by atoms with Gasteiger partial charge >= 0.3 is 5.97 Å². The lowest BCUT2D eigenvalue weighted by Gasteiger charge is -2.30. The molecule has 0 fully saturated rings. The van der Waals surface area contributed by atoms with Crippen molar-refractivity contribution < 1.29 is 14.6 Å². The van der Waals surface area contributed by atoms with Crippen molar-refractivity contribution in [3.63, 3.8) is 0 Å². The highest BCUT2D eigenvalue weighted by molar-refractivity contribution is 5.81. The van der Waals surface area contributed by atoms with E-state index in [0.717, 1.165) is 25.1 Å². The minimum atomic E-state index is -1.60. The zero-order chi connectivity index (χ0) is 16.2. The summed E-state index contributed by atoms with van der Waals surface area (Å²) in [4.78, 5) is 14.7. The number of nitrogens with zero attached hydrogens (tertiary/aromatic N) is 1. The van der Waals surface area contributed by atoms with Gasteiger partial charge in [0, 0.05) is 13.1 Å². The normalized spacial score (nSPS) is 18.7. The summed E-state index contributed by atoms with van der Waals surface area (Å²) in [5.41, 5.74) is 0.0887. The standard InChI is InChI=1S/C18H25NO3/c1-14(2)18(21,16-7-5-4-6-8-16)17(20)22-13-15-9-11-19(3)12-10-15/h4-9,14,21H,10-13H2,1-3H3/t18-/m0/s1. The van der Waals surface area contributed by atoms with Crippen molar-refractivity contribution in [3.05, 3.63) is 47.5 Å². The van der Waals surface area contributed by atoms with Crippen LogP contribution in [0.25, 0.3) is 0 Å². The molecule has 0 radical (unpaired) electrons. The van der Waals surface area contributed by atoms with Crippen molar-refractivity contribution in [1.29, 1.82) is 0 Å². The Kier molecular flexibility index (Phi) is 5.37. The van der Waals surface area contributed by atoms with Crippen molar-refractivity contribution in [3.8, 4) is 0 Å². The number of hydrogen-bond donors (Lipinski definition) is 1. The monoisotopic (exact) mass is 303 g/mol. The van der Waals surface area contributed by atoms with Crippen molar-refractivity contribution >= 4 is 5.97 Å². The van der Waals surface area contributed by atoms with Gasteiger partial charge in [-0.1, -0.05) is 50.3 Å². The van der Waals surface area contributed by atoms with Gasteiger partial charge in [-0.25, -0.2) is 4.79 Å². The van der Waals surface area contributed by atoms with Crippen LogP contribution in [-0.4, -0.2) is 42.7 Å². The lowest BCUT2D eigenvalue weighted by atomic mass is 9.83. The molecule has 1 aromatic rings. The van der Waals surface area contributed by atoms with Gasteiger partial charge in [-0.05, 0) is 30.5 Å². The van der Waals surface area contributed by atoms with Crippen molar-refractivity contribution in [2.45, 2.75) is 25.9 Å². The molecule has 0 spiro atoms. The van der Waals surface area contributed by atoms with Gasteiger partial charge in [0.05, 0.1) is 0 Å². The summed E-state index contributed by atoms with van der Waals surface area (Å²) >= 11 is 0. The summed E-state index contributed by atoms with van der Waals surface area (Å²) in [6.45, 7) is 5.75. The molecular formula is C18H25NO3. The van der Waals surface area contributed by atoms with E-state index in [1.165, 1.54) is 0 Å². The second-order valence-electron chi connectivity index (χ2n) is 6.24. The number of esters is 1. The predicted molar refractivity (Wildman–Crippen MR) is 86.3 cm³/mol. The topological polar surface area (TPSA) is 49.8 Å². The average molecular weight is 303 g/mol. The van der Waals surface area contributed by atoms with Gasteiger partial charge in [0.25, 0.3) is 0 Å². The highest BCUT2D eigenvalue weighted by Crippen LogP contribution is 2.31. The highest BCUT2D eigenvalue weighted by atomic mass is 16.5. The van der Waals surface area contributed by atoms with Gasteiger partial charge in [0.15, 0.2) is 5.60 Å². The number of likely N-dealkylation sites (N-methyl/N-ethyl adjacent to an activating group) is 1. The molecule has 1 aromatic carbocycles. The van der Waals surface area contributed by atoms with Gasteiger partial charge in [-0.15, -0.1) is 0 Å². The first-order valence-electron chi connectivity index (χ1n) is 7.76. The molecule has 1 atom stereocenters. The van der Waals surface area contributed by atoms with Gasteiger partial charge in [-0.3, -0.25) is 0 Å². The maximum absolute atomic E-state index is 12.5. The summed E-state index contributed by atoms with van der Waals surface area (Å²) in [5.74, 6) is -0.845. The third-order valence-electron chi connectivity index (χ3n) is 4.26. The number of carbonyl (C=O) groups is 1. The quantitative estimate of drug-likeness (QED) is 0.670. The van der Waals surface area contributed by atoms with Crippen LogP contribution in [0.2, 0.25) is 0 Å². The van der Waals surface area contributed by atoms with E-state index in [0.29, 0.717) is 5.56 Å². The first kappa shape index (κ1) is 16.7. The highest BCUT2D eigenvalue weighted by Gasteiger charge is 2.42. The fourth-order valence-corrected chi connectivity index (χ4v) is 2.59. The largest absolute Gasteiger partial charge is 0.459 e. The van der Waals surface area contributed by atoms with Crippen molar-refractivity contribution in [2.24, 2.45) is 5.92 Å². The summed E-state index contributed by atoms with van der Waals surface area (Å²) < 4.78 is 5.42. The van der Waals surface area contributed by atoms with Crippen LogP contribution in [0.3, 0.4) is 0 Å². The second kappa shape index (κ2) is 7.07. The summed E-state index contributed by atoms with van der Waals surface area (Å²) in [6, 6.07) is 9.01. The van der Waals surface area contributed by atoms with Crippen LogP contribution in [0, 0.1) is 5.92 Å². The van der Waals surface area contributed by atoms with E-state index in [4.69, 9.17) is 4.74 Å². The Bertz CT molecular complexity index is 539. The van der Waals surface area contributed by atoms with E-state index in [1.807, 2.05) is 32.0 Å². The Labute approximate surface area is 132 Å². The summed E-state index contributed by atoms with van der Waals surface area (Å²) in [7, 11) is 2.06. The molecule has 4 nitrogen and oxygen atoms in total. The summed E-state index contributed by atoms with van der Waals surface area (Å²) in [5, 5.41) is 10.9. The molecule has 1 N–H and O–H groups in total. The van der Waals surface area contributed by atoms with Crippen LogP contribution in [0.4, 0.5) is 0 Å². The molecular weight excluding hydrogens is 278 g/mol. The van der Waals surface area contributed by atoms with Crippen LogP contribution < -0.4 is 0 Å². The van der Waals surface area contributed by atoms with Crippen LogP contribution in [-0.2, 0) is 15.1 Å². The molecule has 0 bridgehead atoms. The van der Waals surface area contributed by atoms with Gasteiger partial charge < -0.3 is 14.7 Å². The number of ether oxygens (including phenoxy) is 1. The zero-order valence-electron chi connectivity index (χ0n) is 13.6. The number of rotatable bonds is 5. The maximum atomic E-state index is 12.5. The molecule has 0 saturated carbocycles. The van der Waals surface area contributed by atoms with Gasteiger partial charge in [0.2, 0.25) is 0 Å². The van der Waals surface area contributed by atoms with E-state index in [-0.39, 0.29) is 12.5 Å². The molecule has 0 saturated heterocycles. The Balaban J connectivity index is 2.08. The fraction of sp³-hybridized carbons (Fsp3) is 0.500. The third-order valence-corrected chi connectivity index (χ3v) is 4.26. The molecule has 1 aliphatic heterocycles. The van der Waals surface area contributed by atoms with Gasteiger partial charge in [-0.2, -0.15) is 0 Å². The molecule has 1 heterocycles. The molecule has 120 valence electrons. The van der Waals surface area contributed by atoms with E-state index < -0.39 is 11.6 Å². The minimum Gasteiger partial charge on any atom is -0.459 e. The van der Waals surface area contributed by atoms with Crippen LogP contribution in [0.15, 0.2) is 42.0 Å². The van der Waals surface area contributed by atoms with E-state index in [9.17, 15) is 9.90 Å². The molecule has 22 heavy (non-hydrogen) atoms. The zero-order valence-corrected chi connectivity index (χ0v) is 13.6. The smallest absolute Gasteiger partial charge is 0.343 e. The SMILES string of the molecule is CC(C)[C@@](O)(C(=O)OCC1=CCN(C)CC1)c1ccccc1. The van der Waals surface area contributed by atoms with Gasteiger partial charge in [0.1, 0.15) is 6.61 Å². The van der Waals surface area contributed by atoms with E-state index in [2.05, 4.69) is 18.0 Å². The average Bonchev–Trinajstić information content (AvgIpc) is 2.53. The number of carbonyl (C=O) groups excluding carboxylic acids is 1. The fourth-order valence-electron chi connectivity index (χ4n) is 2.59. The number of aliphatic hydroxyl groups is 1. The lowest BCUT2D eigenvalue weighted by molar-refractivity contribution is -0.171. The van der Waals surface area contributed by atoms with Crippen LogP contribution >= 0.6 is 0 Å². The minimum absolute atomic E-state index is 0.258. The number of benzene rings is 1. The van der Waals surface area contributed by atoms with Crippen LogP contribution in [0.1, 0.15) is 25.8 Å². The molecule has 0 unspecified atom stereocenters. The van der Waals surface area contributed by atoms with Crippen molar-refractivity contribution in [1.82, 2.24) is 4.90 Å². The van der Waals surface area contributed by atoms with Crippen molar-refractivity contribution in [2.75, 3.05) is 26.7 Å². The number of hydrogen-bond acceptors (Lipinski definition) is 4. The predicted octanol–water partition coefficient (Wildman–Crippen LogP) is 2.34. The maximum Gasteiger partial charge on any atom is 0.343 e. The summed E-state index contributed by atoms with van der Waals surface area (Å²) in [6.07, 6.45) is 2.99. The first-order valence-corrected chi connectivity index (χ1v) is 7.76. The molecule has 2 rings (SSSR count). The Morgan fingerprint density at radius 3 is 2.59 bits per heavy atom. The van der Waals surface area contributed by atoms with Crippen LogP contribution in [0.5, 0.6) is 0 Å². The van der Waals surface area contributed by atoms with E-state index in [1.54, 1.807) is 12.1 Å². The Hall–Kier alpha value is -1.65. The molecule has 0 aliphatic carbocycles. The third kappa shape index (κ3) is 3.57.